The van der Waals surface area contributed by atoms with Crippen molar-refractivity contribution in [1.29, 1.82) is 5.26 Å². The number of carbonyl (C=O) groups is 1. The summed E-state index contributed by atoms with van der Waals surface area (Å²) in [5.74, 6) is -0.658. The fourth-order valence-electron chi connectivity index (χ4n) is 2.02. The third kappa shape index (κ3) is 3.10. The molecule has 0 bridgehead atoms. The van der Waals surface area contributed by atoms with Crippen LogP contribution in [-0.4, -0.2) is 10.9 Å². The van der Waals surface area contributed by atoms with Gasteiger partial charge < -0.3 is 4.74 Å². The maximum Gasteiger partial charge on any atom is 0.338 e. The van der Waals surface area contributed by atoms with E-state index in [9.17, 15) is 14.9 Å². The van der Waals surface area contributed by atoms with Gasteiger partial charge in [0, 0.05) is 17.2 Å². The van der Waals surface area contributed by atoms with Gasteiger partial charge in [0.25, 0.3) is 5.69 Å². The van der Waals surface area contributed by atoms with Crippen LogP contribution >= 0.6 is 0 Å². The van der Waals surface area contributed by atoms with Crippen molar-refractivity contribution in [3.8, 4) is 6.07 Å². The summed E-state index contributed by atoms with van der Waals surface area (Å²) in [6.45, 7) is 1.43. The van der Waals surface area contributed by atoms with Crippen molar-refractivity contribution >= 4 is 11.7 Å². The Balaban J connectivity index is 2.19. The molecule has 0 unspecified atom stereocenters. The minimum atomic E-state index is -0.658. The van der Waals surface area contributed by atoms with Crippen LogP contribution in [0.25, 0.3) is 0 Å². The number of nitriles is 1. The van der Waals surface area contributed by atoms with Gasteiger partial charge >= 0.3 is 5.97 Å². The molecule has 6 nitrogen and oxygen atoms in total. The molecule has 0 radical (unpaired) electrons. The molecule has 0 fully saturated rings. The second kappa shape index (κ2) is 6.50. The van der Waals surface area contributed by atoms with Gasteiger partial charge in [-0.1, -0.05) is 24.3 Å². The van der Waals surface area contributed by atoms with Gasteiger partial charge in [-0.05, 0) is 19.1 Å². The van der Waals surface area contributed by atoms with Crippen LogP contribution in [0.4, 0.5) is 5.69 Å². The van der Waals surface area contributed by atoms with Gasteiger partial charge in [-0.2, -0.15) is 5.26 Å². The molecule has 22 heavy (non-hydrogen) atoms. The number of hydrogen-bond acceptors (Lipinski definition) is 5. The highest BCUT2D eigenvalue weighted by atomic mass is 16.6. The number of nitro groups is 1. The van der Waals surface area contributed by atoms with Crippen LogP contribution < -0.4 is 0 Å². The van der Waals surface area contributed by atoms with E-state index in [2.05, 4.69) is 0 Å². The van der Waals surface area contributed by atoms with Crippen molar-refractivity contribution in [2.75, 3.05) is 0 Å². The molecule has 6 heteroatoms. The number of hydrogen-bond donors (Lipinski definition) is 0. The van der Waals surface area contributed by atoms with E-state index < -0.39 is 10.9 Å². The van der Waals surface area contributed by atoms with Gasteiger partial charge in [-0.25, -0.2) is 4.79 Å². The Labute approximate surface area is 126 Å². The lowest BCUT2D eigenvalue weighted by Crippen LogP contribution is -2.09. The first-order chi connectivity index (χ1) is 10.5. The largest absolute Gasteiger partial charge is 0.457 e. The molecule has 2 aromatic carbocycles. The Hall–Kier alpha value is -3.20. The van der Waals surface area contributed by atoms with E-state index in [4.69, 9.17) is 10.00 Å². The number of ether oxygens (including phenoxy) is 1. The van der Waals surface area contributed by atoms with Crippen molar-refractivity contribution in [2.24, 2.45) is 0 Å². The zero-order chi connectivity index (χ0) is 16.1. The third-order valence-corrected chi connectivity index (χ3v) is 3.22. The predicted octanol–water partition coefficient (Wildman–Crippen LogP) is 3.13. The first kappa shape index (κ1) is 15.2. The van der Waals surface area contributed by atoms with Crippen LogP contribution in [0, 0.1) is 28.4 Å². The first-order valence-electron chi connectivity index (χ1n) is 6.43. The predicted molar refractivity (Wildman–Crippen MR) is 78.1 cm³/mol. The fourth-order valence-corrected chi connectivity index (χ4v) is 2.02. The van der Waals surface area contributed by atoms with Crippen molar-refractivity contribution in [2.45, 2.75) is 13.5 Å². The summed E-state index contributed by atoms with van der Waals surface area (Å²) in [7, 11) is 0. The molecule has 2 aromatic rings. The molecule has 0 saturated carbocycles. The maximum absolute atomic E-state index is 12.1. The number of benzene rings is 2. The molecule has 0 heterocycles. The molecule has 110 valence electrons. The molecular formula is C16H12N2O4. The summed E-state index contributed by atoms with van der Waals surface area (Å²) in [5.41, 5.74) is 1.27. The van der Waals surface area contributed by atoms with E-state index in [1.54, 1.807) is 24.3 Å². The van der Waals surface area contributed by atoms with Gasteiger partial charge in [-0.15, -0.1) is 0 Å². The van der Waals surface area contributed by atoms with Crippen LogP contribution in [-0.2, 0) is 11.3 Å². The Morgan fingerprint density at radius 3 is 2.68 bits per heavy atom. The van der Waals surface area contributed by atoms with Crippen LogP contribution in [0.3, 0.4) is 0 Å². The minimum Gasteiger partial charge on any atom is -0.457 e. The Morgan fingerprint density at radius 1 is 1.27 bits per heavy atom. The first-order valence-corrected chi connectivity index (χ1v) is 6.43. The van der Waals surface area contributed by atoms with Gasteiger partial charge in [0.15, 0.2) is 0 Å². The SMILES string of the molecule is Cc1c(C(=O)OCc2ccccc2C#N)cccc1[N+](=O)[O-]. The van der Waals surface area contributed by atoms with Crippen LogP contribution in [0.1, 0.15) is 27.0 Å². The Kier molecular flexibility index (Phi) is 4.49. The topological polar surface area (TPSA) is 93.2 Å². The summed E-state index contributed by atoms with van der Waals surface area (Å²) < 4.78 is 5.16. The lowest BCUT2D eigenvalue weighted by molar-refractivity contribution is -0.385. The van der Waals surface area contributed by atoms with Crippen LogP contribution in [0.5, 0.6) is 0 Å². The standard InChI is InChI=1S/C16H12N2O4/c1-11-14(7-4-8-15(11)18(20)21)16(19)22-10-13-6-3-2-5-12(13)9-17/h2-8H,10H2,1H3. The maximum atomic E-state index is 12.1. The monoisotopic (exact) mass is 296 g/mol. The number of nitro benzene ring substituents is 1. The van der Waals surface area contributed by atoms with Gasteiger partial charge in [0.05, 0.1) is 22.1 Å². The molecule has 0 aromatic heterocycles. The fraction of sp³-hybridized carbons (Fsp3) is 0.125. The van der Waals surface area contributed by atoms with Crippen molar-refractivity contribution < 1.29 is 14.5 Å². The second-order valence-electron chi connectivity index (χ2n) is 4.55. The number of carbonyl (C=O) groups excluding carboxylic acids is 1. The lowest BCUT2D eigenvalue weighted by Gasteiger charge is -2.08. The second-order valence-corrected chi connectivity index (χ2v) is 4.55. The van der Waals surface area contributed by atoms with E-state index in [1.165, 1.54) is 25.1 Å². The van der Waals surface area contributed by atoms with Crippen molar-refractivity contribution in [3.05, 3.63) is 74.8 Å². The number of nitrogens with zero attached hydrogens (tertiary/aromatic N) is 2. The zero-order valence-electron chi connectivity index (χ0n) is 11.8. The summed E-state index contributed by atoms with van der Waals surface area (Å²) >= 11 is 0. The minimum absolute atomic E-state index is 0.0648. The van der Waals surface area contributed by atoms with E-state index in [-0.39, 0.29) is 23.4 Å². The lowest BCUT2D eigenvalue weighted by atomic mass is 10.1. The van der Waals surface area contributed by atoms with Gasteiger partial charge in [-0.3, -0.25) is 10.1 Å². The smallest absolute Gasteiger partial charge is 0.338 e. The average Bonchev–Trinajstić information content (AvgIpc) is 2.52. The molecule has 0 spiro atoms. The van der Waals surface area contributed by atoms with Crippen LogP contribution in [0.15, 0.2) is 42.5 Å². The Bertz CT molecular complexity index is 778. The zero-order valence-corrected chi connectivity index (χ0v) is 11.8. The normalized spacial score (nSPS) is 9.82. The van der Waals surface area contributed by atoms with E-state index in [0.29, 0.717) is 11.1 Å². The highest BCUT2D eigenvalue weighted by molar-refractivity contribution is 5.92. The summed E-state index contributed by atoms with van der Waals surface area (Å²) in [6.07, 6.45) is 0. The molecule has 2 rings (SSSR count). The third-order valence-electron chi connectivity index (χ3n) is 3.22. The summed E-state index contributed by atoms with van der Waals surface area (Å²) in [6, 6.07) is 13.0. The highest BCUT2D eigenvalue weighted by Gasteiger charge is 2.19. The molecule has 0 aliphatic rings. The Morgan fingerprint density at radius 2 is 2.00 bits per heavy atom. The van der Waals surface area contributed by atoms with Crippen molar-refractivity contribution in [3.63, 3.8) is 0 Å². The molecule has 0 atom stereocenters. The molecule has 0 amide bonds. The molecule has 0 N–H and O–H groups in total. The number of esters is 1. The molecule has 0 saturated heterocycles. The molecule has 0 aliphatic carbocycles. The van der Waals surface area contributed by atoms with Gasteiger partial charge in [0.1, 0.15) is 6.61 Å². The number of rotatable bonds is 4. The van der Waals surface area contributed by atoms with Crippen LogP contribution in [0.2, 0.25) is 0 Å². The quantitative estimate of drug-likeness (QED) is 0.491. The summed E-state index contributed by atoms with van der Waals surface area (Å²) in [5, 5.41) is 19.9. The van der Waals surface area contributed by atoms with E-state index >= 15 is 0 Å². The van der Waals surface area contributed by atoms with E-state index in [0.717, 1.165) is 0 Å². The van der Waals surface area contributed by atoms with E-state index in [1.807, 2.05) is 6.07 Å². The summed E-state index contributed by atoms with van der Waals surface area (Å²) in [4.78, 5) is 22.4. The molecule has 0 aliphatic heterocycles. The highest BCUT2D eigenvalue weighted by Crippen LogP contribution is 2.22. The molecular weight excluding hydrogens is 284 g/mol. The average molecular weight is 296 g/mol. The van der Waals surface area contributed by atoms with Gasteiger partial charge in [0.2, 0.25) is 0 Å². The van der Waals surface area contributed by atoms with Crippen molar-refractivity contribution in [1.82, 2.24) is 0 Å².